The van der Waals surface area contributed by atoms with Crippen molar-refractivity contribution in [3.05, 3.63) is 35.4 Å². The van der Waals surface area contributed by atoms with Crippen LogP contribution in [0.25, 0.3) is 0 Å². The lowest BCUT2D eigenvalue weighted by Crippen LogP contribution is -1.75. The molecule has 0 aliphatic carbocycles. The van der Waals surface area contributed by atoms with Gasteiger partial charge in [0.2, 0.25) is 0 Å². The first-order valence-corrected chi connectivity index (χ1v) is 4.38. The highest BCUT2D eigenvalue weighted by atomic mass is 13.9. The molecule has 0 saturated carbocycles. The second-order valence-electron chi connectivity index (χ2n) is 2.92. The van der Waals surface area contributed by atoms with Crippen molar-refractivity contribution in [2.75, 3.05) is 0 Å². The second kappa shape index (κ2) is 4.62. The number of hydrogen-bond acceptors (Lipinski definition) is 0. The van der Waals surface area contributed by atoms with E-state index in [4.69, 9.17) is 0 Å². The Morgan fingerprint density at radius 3 is 2.83 bits per heavy atom. The SMILES string of the molecule is CCCC#Cc1cccc(C)c1. The number of benzene rings is 1. The first kappa shape index (κ1) is 8.87. The van der Waals surface area contributed by atoms with Gasteiger partial charge in [-0.15, -0.1) is 0 Å². The van der Waals surface area contributed by atoms with Crippen LogP contribution in [0.4, 0.5) is 0 Å². The summed E-state index contributed by atoms with van der Waals surface area (Å²) < 4.78 is 0. The van der Waals surface area contributed by atoms with Crippen molar-refractivity contribution in [2.24, 2.45) is 0 Å². The fourth-order valence-corrected chi connectivity index (χ4v) is 1.01. The van der Waals surface area contributed by atoms with E-state index in [9.17, 15) is 0 Å². The lowest BCUT2D eigenvalue weighted by atomic mass is 10.1. The number of rotatable bonds is 1. The third kappa shape index (κ3) is 2.80. The number of aryl methyl sites for hydroxylation is 1. The molecule has 0 bridgehead atoms. The Hall–Kier alpha value is -1.22. The highest BCUT2D eigenvalue weighted by Gasteiger charge is 1.85. The van der Waals surface area contributed by atoms with E-state index in [2.05, 4.69) is 43.9 Å². The maximum Gasteiger partial charge on any atom is 0.0247 e. The van der Waals surface area contributed by atoms with E-state index < -0.39 is 0 Å². The van der Waals surface area contributed by atoms with Crippen molar-refractivity contribution in [2.45, 2.75) is 26.7 Å². The summed E-state index contributed by atoms with van der Waals surface area (Å²) in [7, 11) is 0. The van der Waals surface area contributed by atoms with E-state index in [1.54, 1.807) is 0 Å². The second-order valence-corrected chi connectivity index (χ2v) is 2.92. The smallest absolute Gasteiger partial charge is 0.0247 e. The quantitative estimate of drug-likeness (QED) is 0.551. The summed E-state index contributed by atoms with van der Waals surface area (Å²) in [5.41, 5.74) is 2.40. The average Bonchev–Trinajstić information content (AvgIpc) is 2.05. The van der Waals surface area contributed by atoms with Crippen LogP contribution in [-0.4, -0.2) is 0 Å². The first-order chi connectivity index (χ1) is 5.83. The van der Waals surface area contributed by atoms with Gasteiger partial charge >= 0.3 is 0 Å². The molecule has 0 spiro atoms. The molecule has 0 saturated heterocycles. The van der Waals surface area contributed by atoms with Gasteiger partial charge in [0.05, 0.1) is 0 Å². The zero-order valence-electron chi connectivity index (χ0n) is 7.72. The fraction of sp³-hybridized carbons (Fsp3) is 0.333. The molecule has 0 unspecified atom stereocenters. The summed E-state index contributed by atoms with van der Waals surface area (Å²) in [4.78, 5) is 0. The summed E-state index contributed by atoms with van der Waals surface area (Å²) in [6, 6.07) is 8.30. The van der Waals surface area contributed by atoms with Crippen molar-refractivity contribution in [3.63, 3.8) is 0 Å². The molecule has 0 heterocycles. The molecule has 0 fully saturated rings. The predicted molar refractivity (Wildman–Crippen MR) is 53.0 cm³/mol. The summed E-state index contributed by atoms with van der Waals surface area (Å²) in [5, 5.41) is 0. The van der Waals surface area contributed by atoms with E-state index in [0.29, 0.717) is 0 Å². The predicted octanol–water partition coefficient (Wildman–Crippen LogP) is 3.15. The lowest BCUT2D eigenvalue weighted by molar-refractivity contribution is 0.983. The molecular weight excluding hydrogens is 144 g/mol. The molecule has 0 amide bonds. The third-order valence-electron chi connectivity index (χ3n) is 1.63. The Labute approximate surface area is 74.6 Å². The van der Waals surface area contributed by atoms with Crippen molar-refractivity contribution in [1.29, 1.82) is 0 Å². The molecule has 12 heavy (non-hydrogen) atoms. The minimum Gasteiger partial charge on any atom is -0.0979 e. The highest BCUT2D eigenvalue weighted by molar-refractivity contribution is 5.36. The van der Waals surface area contributed by atoms with Crippen molar-refractivity contribution < 1.29 is 0 Å². The monoisotopic (exact) mass is 158 g/mol. The minimum atomic E-state index is 0.994. The molecule has 0 aliphatic rings. The van der Waals surface area contributed by atoms with Gasteiger partial charge in [0, 0.05) is 12.0 Å². The molecule has 0 atom stereocenters. The first-order valence-electron chi connectivity index (χ1n) is 4.38. The van der Waals surface area contributed by atoms with Crippen LogP contribution in [-0.2, 0) is 0 Å². The van der Waals surface area contributed by atoms with Gasteiger partial charge in [-0.05, 0) is 31.0 Å². The van der Waals surface area contributed by atoms with Crippen LogP contribution in [0, 0.1) is 18.8 Å². The molecule has 1 rings (SSSR count). The Morgan fingerprint density at radius 1 is 1.33 bits per heavy atom. The molecule has 62 valence electrons. The Balaban J connectivity index is 2.71. The average molecular weight is 158 g/mol. The van der Waals surface area contributed by atoms with Crippen LogP contribution >= 0.6 is 0 Å². The molecule has 0 heteroatoms. The van der Waals surface area contributed by atoms with Crippen LogP contribution in [0.5, 0.6) is 0 Å². The Kier molecular flexibility index (Phi) is 3.41. The van der Waals surface area contributed by atoms with Crippen LogP contribution < -0.4 is 0 Å². The molecule has 0 N–H and O–H groups in total. The normalized spacial score (nSPS) is 8.83. The summed E-state index contributed by atoms with van der Waals surface area (Å²) in [5.74, 6) is 6.26. The summed E-state index contributed by atoms with van der Waals surface area (Å²) in [6.07, 6.45) is 2.13. The van der Waals surface area contributed by atoms with Gasteiger partial charge in [0.1, 0.15) is 0 Å². The maximum absolute atomic E-state index is 3.14. The molecule has 0 aliphatic heterocycles. The van der Waals surface area contributed by atoms with Crippen LogP contribution in [0.15, 0.2) is 24.3 Å². The lowest BCUT2D eigenvalue weighted by Gasteiger charge is -1.91. The molecule has 0 nitrogen and oxygen atoms in total. The molecular formula is C12H14. The van der Waals surface area contributed by atoms with Gasteiger partial charge in [-0.3, -0.25) is 0 Å². The zero-order valence-corrected chi connectivity index (χ0v) is 7.72. The van der Waals surface area contributed by atoms with E-state index in [-0.39, 0.29) is 0 Å². The molecule has 0 aromatic heterocycles. The topological polar surface area (TPSA) is 0 Å². The van der Waals surface area contributed by atoms with Gasteiger partial charge < -0.3 is 0 Å². The van der Waals surface area contributed by atoms with Gasteiger partial charge in [-0.25, -0.2) is 0 Å². The maximum atomic E-state index is 3.14. The fourth-order valence-electron chi connectivity index (χ4n) is 1.01. The zero-order chi connectivity index (χ0) is 8.81. The highest BCUT2D eigenvalue weighted by Crippen LogP contribution is 2.01. The van der Waals surface area contributed by atoms with E-state index in [1.807, 2.05) is 6.07 Å². The van der Waals surface area contributed by atoms with Gasteiger partial charge in [-0.1, -0.05) is 30.9 Å². The van der Waals surface area contributed by atoms with E-state index in [1.165, 1.54) is 5.56 Å². The summed E-state index contributed by atoms with van der Waals surface area (Å²) >= 11 is 0. The largest absolute Gasteiger partial charge is 0.0979 e. The van der Waals surface area contributed by atoms with Crippen LogP contribution in [0.1, 0.15) is 30.9 Å². The number of hydrogen-bond donors (Lipinski definition) is 0. The third-order valence-corrected chi connectivity index (χ3v) is 1.63. The van der Waals surface area contributed by atoms with Gasteiger partial charge in [-0.2, -0.15) is 0 Å². The van der Waals surface area contributed by atoms with Gasteiger partial charge in [0.25, 0.3) is 0 Å². The Bertz CT molecular complexity index is 299. The Morgan fingerprint density at radius 2 is 2.17 bits per heavy atom. The molecule has 1 aromatic carbocycles. The number of unbranched alkanes of at least 4 members (excludes halogenated alkanes) is 1. The van der Waals surface area contributed by atoms with Crippen molar-refractivity contribution in [1.82, 2.24) is 0 Å². The minimum absolute atomic E-state index is 0.994. The molecule has 1 aromatic rings. The van der Waals surface area contributed by atoms with Crippen molar-refractivity contribution in [3.8, 4) is 11.8 Å². The van der Waals surface area contributed by atoms with Crippen LogP contribution in [0.2, 0.25) is 0 Å². The standard InChI is InChI=1S/C12H14/c1-3-4-5-8-12-9-6-7-11(2)10-12/h6-7,9-10H,3-4H2,1-2H3. The van der Waals surface area contributed by atoms with Crippen molar-refractivity contribution >= 4 is 0 Å². The molecule has 0 radical (unpaired) electrons. The van der Waals surface area contributed by atoms with Gasteiger partial charge in [0.15, 0.2) is 0 Å². The van der Waals surface area contributed by atoms with E-state index >= 15 is 0 Å². The van der Waals surface area contributed by atoms with Crippen LogP contribution in [0.3, 0.4) is 0 Å². The summed E-state index contributed by atoms with van der Waals surface area (Å²) in [6.45, 7) is 4.23. The van der Waals surface area contributed by atoms with E-state index in [0.717, 1.165) is 18.4 Å².